The van der Waals surface area contributed by atoms with Crippen LogP contribution in [0.2, 0.25) is 5.02 Å². The summed E-state index contributed by atoms with van der Waals surface area (Å²) in [7, 11) is 1.36. The maximum Gasteiger partial charge on any atom is 0.401 e. The normalized spacial score (nSPS) is 12.0. The first-order valence-electron chi connectivity index (χ1n) is 6.37. The summed E-state index contributed by atoms with van der Waals surface area (Å²) in [4.78, 5) is 13.1. The van der Waals surface area contributed by atoms with Crippen molar-refractivity contribution >= 4 is 11.6 Å². The highest BCUT2D eigenvalue weighted by molar-refractivity contribution is 6.31. The van der Waals surface area contributed by atoms with Crippen LogP contribution in [0.25, 0.3) is 0 Å². The Morgan fingerprint density at radius 2 is 2.14 bits per heavy atom. The molecule has 0 unspecified atom stereocenters. The van der Waals surface area contributed by atoms with Crippen molar-refractivity contribution in [2.45, 2.75) is 26.1 Å². The highest BCUT2D eigenvalue weighted by Gasteiger charge is 2.29. The van der Waals surface area contributed by atoms with Crippen LogP contribution >= 0.6 is 11.6 Å². The van der Waals surface area contributed by atoms with Crippen molar-refractivity contribution in [2.24, 2.45) is 0 Å². The van der Waals surface area contributed by atoms with Gasteiger partial charge < -0.3 is 4.74 Å². The Morgan fingerprint density at radius 3 is 2.67 bits per heavy atom. The second-order valence-corrected chi connectivity index (χ2v) is 4.77. The Hall–Kier alpha value is -1.28. The van der Waals surface area contributed by atoms with Gasteiger partial charge in [-0.2, -0.15) is 18.3 Å². The summed E-state index contributed by atoms with van der Waals surface area (Å²) in [6, 6.07) is 0. The molecular formula is C12H17ClF3N3O2. The van der Waals surface area contributed by atoms with Crippen LogP contribution in [0.4, 0.5) is 13.2 Å². The van der Waals surface area contributed by atoms with Gasteiger partial charge in [0.25, 0.3) is 5.56 Å². The molecular weight excluding hydrogens is 311 g/mol. The van der Waals surface area contributed by atoms with E-state index < -0.39 is 18.3 Å². The summed E-state index contributed by atoms with van der Waals surface area (Å²) >= 11 is 5.80. The molecule has 0 atom stereocenters. The summed E-state index contributed by atoms with van der Waals surface area (Å²) in [5, 5.41) is 3.77. The van der Waals surface area contributed by atoms with Gasteiger partial charge in [-0.25, -0.2) is 4.68 Å². The van der Waals surface area contributed by atoms with Gasteiger partial charge >= 0.3 is 6.18 Å². The van der Waals surface area contributed by atoms with E-state index in [1.807, 2.05) is 0 Å². The molecule has 0 bridgehead atoms. The third-order valence-corrected chi connectivity index (χ3v) is 3.22. The summed E-state index contributed by atoms with van der Waals surface area (Å²) in [5.74, 6) is 0.171. The Bertz CT molecular complexity index is 519. The molecule has 0 radical (unpaired) electrons. The van der Waals surface area contributed by atoms with Crippen LogP contribution in [0, 0.1) is 0 Å². The summed E-state index contributed by atoms with van der Waals surface area (Å²) in [5.41, 5.74) is -0.519. The Kier molecular flexibility index (Phi) is 6.47. The van der Waals surface area contributed by atoms with Crippen molar-refractivity contribution in [3.05, 3.63) is 21.6 Å². The number of halogens is 4. The van der Waals surface area contributed by atoms with Crippen molar-refractivity contribution in [2.75, 3.05) is 26.7 Å². The van der Waals surface area contributed by atoms with E-state index >= 15 is 0 Å². The molecule has 0 aromatic carbocycles. The number of hydrogen-bond acceptors (Lipinski definition) is 4. The fourth-order valence-electron chi connectivity index (χ4n) is 1.80. The predicted octanol–water partition coefficient (Wildman–Crippen LogP) is 2.18. The third kappa shape index (κ3) is 5.55. The molecule has 0 saturated carbocycles. The molecule has 0 saturated heterocycles. The zero-order valence-corrected chi connectivity index (χ0v) is 12.5. The van der Waals surface area contributed by atoms with Gasteiger partial charge in [-0.1, -0.05) is 18.5 Å². The molecule has 1 rings (SSSR count). The van der Waals surface area contributed by atoms with Crippen LogP contribution in [-0.2, 0) is 6.54 Å². The number of hydrogen-bond donors (Lipinski definition) is 0. The lowest BCUT2D eigenvalue weighted by Crippen LogP contribution is -2.35. The molecule has 0 fully saturated rings. The molecule has 0 amide bonds. The largest absolute Gasteiger partial charge is 0.493 e. The lowest BCUT2D eigenvalue weighted by molar-refractivity contribution is -0.145. The first-order chi connectivity index (χ1) is 9.78. The molecule has 0 aliphatic heterocycles. The number of methoxy groups -OCH3 is 1. The van der Waals surface area contributed by atoms with Crippen LogP contribution in [-0.4, -0.2) is 47.6 Å². The molecule has 1 aromatic rings. The molecule has 1 heterocycles. The average Bonchev–Trinajstić information content (AvgIpc) is 2.41. The number of rotatable bonds is 7. The minimum atomic E-state index is -4.23. The first kappa shape index (κ1) is 17.8. The van der Waals surface area contributed by atoms with Crippen molar-refractivity contribution in [1.29, 1.82) is 0 Å². The quantitative estimate of drug-likeness (QED) is 0.770. The number of alkyl halides is 3. The highest BCUT2D eigenvalue weighted by Crippen LogP contribution is 2.18. The number of ether oxygens (including phenoxy) is 1. The molecule has 0 spiro atoms. The van der Waals surface area contributed by atoms with Crippen molar-refractivity contribution in [3.63, 3.8) is 0 Å². The fraction of sp³-hybridized carbons (Fsp3) is 0.667. The Morgan fingerprint density at radius 1 is 1.48 bits per heavy atom. The van der Waals surface area contributed by atoms with Gasteiger partial charge in [0, 0.05) is 13.1 Å². The summed E-state index contributed by atoms with van der Waals surface area (Å²) < 4.78 is 42.9. The molecule has 1 aromatic heterocycles. The van der Waals surface area contributed by atoms with Gasteiger partial charge in [0.15, 0.2) is 10.8 Å². The number of aromatic nitrogens is 2. The maximum absolute atomic E-state index is 12.3. The van der Waals surface area contributed by atoms with E-state index in [0.717, 1.165) is 4.68 Å². The topological polar surface area (TPSA) is 47.4 Å². The fourth-order valence-corrected chi connectivity index (χ4v) is 2.02. The van der Waals surface area contributed by atoms with E-state index in [0.29, 0.717) is 6.42 Å². The lowest BCUT2D eigenvalue weighted by Gasteiger charge is -2.21. The molecule has 0 aliphatic rings. The van der Waals surface area contributed by atoms with Crippen LogP contribution in [0.3, 0.4) is 0 Å². The van der Waals surface area contributed by atoms with Gasteiger partial charge in [0.1, 0.15) is 0 Å². The van der Waals surface area contributed by atoms with E-state index in [1.54, 1.807) is 6.92 Å². The zero-order chi connectivity index (χ0) is 16.0. The first-order valence-corrected chi connectivity index (χ1v) is 6.75. The lowest BCUT2D eigenvalue weighted by atomic mass is 10.3. The molecule has 0 N–H and O–H groups in total. The smallest absolute Gasteiger partial charge is 0.401 e. The van der Waals surface area contributed by atoms with Crippen LogP contribution in [0.5, 0.6) is 5.75 Å². The number of aryl methyl sites for hydroxylation is 1. The molecule has 21 heavy (non-hydrogen) atoms. The molecule has 9 heteroatoms. The van der Waals surface area contributed by atoms with Gasteiger partial charge in [0.2, 0.25) is 0 Å². The maximum atomic E-state index is 12.3. The van der Waals surface area contributed by atoms with E-state index in [1.165, 1.54) is 18.2 Å². The van der Waals surface area contributed by atoms with Gasteiger partial charge in [0.05, 0.1) is 19.9 Å². The van der Waals surface area contributed by atoms with Crippen molar-refractivity contribution < 1.29 is 17.9 Å². The Labute approximate surface area is 125 Å². The van der Waals surface area contributed by atoms with Gasteiger partial charge in [-0.15, -0.1) is 0 Å². The van der Waals surface area contributed by atoms with Crippen LogP contribution in [0.15, 0.2) is 11.0 Å². The second-order valence-electron chi connectivity index (χ2n) is 4.39. The monoisotopic (exact) mass is 327 g/mol. The van der Waals surface area contributed by atoms with E-state index in [4.69, 9.17) is 16.3 Å². The van der Waals surface area contributed by atoms with Crippen LogP contribution < -0.4 is 10.3 Å². The SMILES string of the molecule is CCN(CCCn1ncc(OC)c(Cl)c1=O)CC(F)(F)F. The third-order valence-electron chi connectivity index (χ3n) is 2.87. The molecule has 120 valence electrons. The average molecular weight is 328 g/mol. The standard InChI is InChI=1S/C12H17ClF3N3O2/c1-3-18(8-12(14,15)16)5-4-6-19-11(20)10(13)9(21-2)7-17-19/h7H,3-6,8H2,1-2H3. The van der Waals surface area contributed by atoms with E-state index in [9.17, 15) is 18.0 Å². The Balaban J connectivity index is 2.60. The van der Waals surface area contributed by atoms with E-state index in [-0.39, 0.29) is 30.4 Å². The second kappa shape index (κ2) is 7.65. The van der Waals surface area contributed by atoms with E-state index in [2.05, 4.69) is 5.10 Å². The number of nitrogens with zero attached hydrogens (tertiary/aromatic N) is 3. The van der Waals surface area contributed by atoms with Gasteiger partial charge in [-0.3, -0.25) is 9.69 Å². The highest BCUT2D eigenvalue weighted by atomic mass is 35.5. The van der Waals surface area contributed by atoms with Gasteiger partial charge in [-0.05, 0) is 13.0 Å². The van der Waals surface area contributed by atoms with Crippen LogP contribution in [0.1, 0.15) is 13.3 Å². The predicted molar refractivity (Wildman–Crippen MR) is 72.8 cm³/mol. The molecule has 5 nitrogen and oxygen atoms in total. The summed E-state index contributed by atoms with van der Waals surface area (Å²) in [6.45, 7) is 1.38. The van der Waals surface area contributed by atoms with Crippen molar-refractivity contribution in [1.82, 2.24) is 14.7 Å². The summed E-state index contributed by atoms with van der Waals surface area (Å²) in [6.07, 6.45) is -2.56. The minimum absolute atomic E-state index is 0.0878. The molecule has 0 aliphatic carbocycles. The van der Waals surface area contributed by atoms with Crippen molar-refractivity contribution in [3.8, 4) is 5.75 Å². The minimum Gasteiger partial charge on any atom is -0.493 e. The zero-order valence-electron chi connectivity index (χ0n) is 11.8.